The third-order valence-electron chi connectivity index (χ3n) is 2.81. The van der Waals surface area contributed by atoms with Gasteiger partial charge in [-0.25, -0.2) is 4.39 Å². The number of hydrogen-bond donors (Lipinski definition) is 1. The summed E-state index contributed by atoms with van der Waals surface area (Å²) in [6, 6.07) is 8.90. The molecule has 0 unspecified atom stereocenters. The Morgan fingerprint density at radius 1 is 1.33 bits per heavy atom. The first-order valence-corrected chi connectivity index (χ1v) is 6.80. The van der Waals surface area contributed by atoms with E-state index in [2.05, 4.69) is 21.2 Å². The van der Waals surface area contributed by atoms with E-state index in [1.807, 2.05) is 12.1 Å². The molecule has 0 aliphatic heterocycles. The molecule has 0 spiro atoms. The first kappa shape index (κ1) is 15.2. The van der Waals surface area contributed by atoms with Crippen molar-refractivity contribution in [2.75, 3.05) is 12.4 Å². The van der Waals surface area contributed by atoms with Crippen molar-refractivity contribution in [1.29, 1.82) is 0 Å². The number of nitrogens with one attached hydrogen (secondary N) is 1. The maximum Gasteiger partial charge on any atom is 0.274 e. The number of halogens is 2. The Hall–Kier alpha value is -2.15. The predicted molar refractivity (Wildman–Crippen MR) is 81.1 cm³/mol. The van der Waals surface area contributed by atoms with Crippen molar-refractivity contribution in [3.8, 4) is 5.75 Å². The van der Waals surface area contributed by atoms with E-state index in [0.29, 0.717) is 18.0 Å². The number of hydrogen-bond acceptors (Lipinski definition) is 4. The van der Waals surface area contributed by atoms with Gasteiger partial charge in [0, 0.05) is 18.3 Å². The number of nitrogens with zero attached hydrogens (tertiary/aromatic N) is 1. The van der Waals surface area contributed by atoms with E-state index in [1.165, 1.54) is 12.1 Å². The number of methoxy groups -OCH3 is 1. The molecule has 0 aliphatic rings. The molecule has 2 aromatic carbocycles. The highest BCUT2D eigenvalue weighted by atomic mass is 79.9. The lowest BCUT2D eigenvalue weighted by atomic mass is 10.2. The fourth-order valence-corrected chi connectivity index (χ4v) is 2.39. The van der Waals surface area contributed by atoms with Crippen LogP contribution < -0.4 is 10.1 Å². The SMILES string of the molecule is COc1ccc(CNc2cc(F)cc([N+](=O)[O-])c2)cc1Br. The molecule has 110 valence electrons. The summed E-state index contributed by atoms with van der Waals surface area (Å²) in [5, 5.41) is 13.6. The average Bonchev–Trinajstić information content (AvgIpc) is 2.44. The Morgan fingerprint density at radius 2 is 2.10 bits per heavy atom. The summed E-state index contributed by atoms with van der Waals surface area (Å²) in [6.07, 6.45) is 0. The van der Waals surface area contributed by atoms with Crippen molar-refractivity contribution >= 4 is 27.3 Å². The Morgan fingerprint density at radius 3 is 2.71 bits per heavy atom. The molecule has 0 atom stereocenters. The van der Waals surface area contributed by atoms with E-state index in [4.69, 9.17) is 4.74 Å². The van der Waals surface area contributed by atoms with Crippen LogP contribution in [-0.4, -0.2) is 12.0 Å². The van der Waals surface area contributed by atoms with Gasteiger partial charge in [0.2, 0.25) is 0 Å². The van der Waals surface area contributed by atoms with Gasteiger partial charge in [0.25, 0.3) is 5.69 Å². The topological polar surface area (TPSA) is 64.4 Å². The van der Waals surface area contributed by atoms with Crippen molar-refractivity contribution < 1.29 is 14.1 Å². The van der Waals surface area contributed by atoms with Crippen LogP contribution in [0.5, 0.6) is 5.75 Å². The molecule has 0 heterocycles. The average molecular weight is 355 g/mol. The lowest BCUT2D eigenvalue weighted by Gasteiger charge is -2.09. The van der Waals surface area contributed by atoms with Gasteiger partial charge in [-0.15, -0.1) is 0 Å². The highest BCUT2D eigenvalue weighted by Gasteiger charge is 2.10. The Labute approximate surface area is 129 Å². The van der Waals surface area contributed by atoms with Gasteiger partial charge in [0.15, 0.2) is 0 Å². The van der Waals surface area contributed by atoms with E-state index < -0.39 is 10.7 Å². The molecule has 0 saturated heterocycles. The summed E-state index contributed by atoms with van der Waals surface area (Å²) in [4.78, 5) is 10.1. The number of non-ortho nitro benzene ring substituents is 1. The van der Waals surface area contributed by atoms with Crippen LogP contribution in [0.4, 0.5) is 15.8 Å². The molecule has 0 aliphatic carbocycles. The van der Waals surface area contributed by atoms with Crippen LogP contribution in [0.1, 0.15) is 5.56 Å². The molecule has 7 heteroatoms. The lowest BCUT2D eigenvalue weighted by molar-refractivity contribution is -0.385. The molecular weight excluding hydrogens is 343 g/mol. The summed E-state index contributed by atoms with van der Waals surface area (Å²) < 4.78 is 19.2. The van der Waals surface area contributed by atoms with Crippen molar-refractivity contribution in [2.45, 2.75) is 6.54 Å². The summed E-state index contributed by atoms with van der Waals surface area (Å²) >= 11 is 3.37. The van der Waals surface area contributed by atoms with Gasteiger partial charge >= 0.3 is 0 Å². The highest BCUT2D eigenvalue weighted by Crippen LogP contribution is 2.26. The molecule has 2 aromatic rings. The van der Waals surface area contributed by atoms with Crippen LogP contribution in [0.3, 0.4) is 0 Å². The van der Waals surface area contributed by atoms with E-state index >= 15 is 0 Å². The molecule has 1 N–H and O–H groups in total. The normalized spacial score (nSPS) is 10.2. The van der Waals surface area contributed by atoms with Gasteiger partial charge in [-0.3, -0.25) is 10.1 Å². The van der Waals surface area contributed by atoms with Gasteiger partial charge in [-0.05, 0) is 39.7 Å². The zero-order valence-corrected chi connectivity index (χ0v) is 12.7. The van der Waals surface area contributed by atoms with Crippen molar-refractivity contribution in [3.63, 3.8) is 0 Å². The van der Waals surface area contributed by atoms with E-state index in [1.54, 1.807) is 13.2 Å². The molecule has 0 saturated carbocycles. The van der Waals surface area contributed by atoms with Gasteiger partial charge in [0.05, 0.1) is 22.6 Å². The quantitative estimate of drug-likeness (QED) is 0.647. The lowest BCUT2D eigenvalue weighted by Crippen LogP contribution is -2.01. The second kappa shape index (κ2) is 6.53. The van der Waals surface area contributed by atoms with E-state index in [9.17, 15) is 14.5 Å². The zero-order chi connectivity index (χ0) is 15.4. The van der Waals surface area contributed by atoms with Crippen molar-refractivity contribution in [1.82, 2.24) is 0 Å². The van der Waals surface area contributed by atoms with Crippen molar-refractivity contribution in [3.05, 3.63) is 62.4 Å². The summed E-state index contributed by atoms with van der Waals surface area (Å²) in [7, 11) is 1.57. The Kier molecular flexibility index (Phi) is 4.74. The maximum absolute atomic E-state index is 13.3. The number of benzene rings is 2. The molecule has 0 amide bonds. The largest absolute Gasteiger partial charge is 0.496 e. The van der Waals surface area contributed by atoms with Crippen LogP contribution in [0.25, 0.3) is 0 Å². The fourth-order valence-electron chi connectivity index (χ4n) is 1.81. The van der Waals surface area contributed by atoms with Gasteiger partial charge < -0.3 is 10.1 Å². The van der Waals surface area contributed by atoms with Crippen LogP contribution in [0.2, 0.25) is 0 Å². The second-order valence-corrected chi connectivity index (χ2v) is 5.13. The minimum atomic E-state index is -0.650. The van der Waals surface area contributed by atoms with Gasteiger partial charge in [0.1, 0.15) is 11.6 Å². The molecule has 0 bridgehead atoms. The molecular formula is C14H12BrFN2O3. The molecule has 0 radical (unpaired) electrons. The maximum atomic E-state index is 13.3. The minimum absolute atomic E-state index is 0.284. The molecule has 5 nitrogen and oxygen atoms in total. The van der Waals surface area contributed by atoms with E-state index in [-0.39, 0.29) is 5.69 Å². The third-order valence-corrected chi connectivity index (χ3v) is 3.43. The number of ether oxygens (including phenoxy) is 1. The fraction of sp³-hybridized carbons (Fsp3) is 0.143. The molecule has 0 aromatic heterocycles. The van der Waals surface area contributed by atoms with Crippen LogP contribution >= 0.6 is 15.9 Å². The predicted octanol–water partition coefficient (Wildman–Crippen LogP) is 4.12. The standard InChI is InChI=1S/C14H12BrFN2O3/c1-21-14-3-2-9(4-13(14)15)8-17-11-5-10(16)6-12(7-11)18(19)20/h2-7,17H,8H2,1H3. The molecule has 2 rings (SSSR count). The Balaban J connectivity index is 2.12. The number of anilines is 1. The zero-order valence-electron chi connectivity index (χ0n) is 11.1. The smallest absolute Gasteiger partial charge is 0.274 e. The Bertz CT molecular complexity index is 679. The number of nitro groups is 1. The molecule has 21 heavy (non-hydrogen) atoms. The summed E-state index contributed by atoms with van der Waals surface area (Å²) in [5.41, 5.74) is 0.997. The summed E-state index contributed by atoms with van der Waals surface area (Å²) in [5.74, 6) is 0.0581. The molecule has 0 fully saturated rings. The van der Waals surface area contributed by atoms with Crippen LogP contribution in [-0.2, 0) is 6.54 Å². The van der Waals surface area contributed by atoms with Crippen molar-refractivity contribution in [2.24, 2.45) is 0 Å². The minimum Gasteiger partial charge on any atom is -0.496 e. The number of nitro benzene ring substituents is 1. The third kappa shape index (κ3) is 3.91. The first-order chi connectivity index (χ1) is 9.99. The van der Waals surface area contributed by atoms with E-state index in [0.717, 1.165) is 16.1 Å². The monoisotopic (exact) mass is 354 g/mol. The van der Waals surface area contributed by atoms with Crippen LogP contribution in [0, 0.1) is 15.9 Å². The van der Waals surface area contributed by atoms with Crippen LogP contribution in [0.15, 0.2) is 40.9 Å². The summed E-state index contributed by atoms with van der Waals surface area (Å²) in [6.45, 7) is 0.406. The number of rotatable bonds is 5. The first-order valence-electron chi connectivity index (χ1n) is 6.01. The van der Waals surface area contributed by atoms with Gasteiger partial charge in [-0.2, -0.15) is 0 Å². The second-order valence-electron chi connectivity index (χ2n) is 4.28. The highest BCUT2D eigenvalue weighted by molar-refractivity contribution is 9.10. The van der Waals surface area contributed by atoms with Gasteiger partial charge in [-0.1, -0.05) is 6.07 Å².